The zero-order valence-corrected chi connectivity index (χ0v) is 15.5. The highest BCUT2D eigenvalue weighted by Crippen LogP contribution is 2.19. The van der Waals surface area contributed by atoms with Crippen LogP contribution in [0.1, 0.15) is 31.1 Å². The lowest BCUT2D eigenvalue weighted by Crippen LogP contribution is -2.35. The van der Waals surface area contributed by atoms with Gasteiger partial charge in [-0.25, -0.2) is 4.98 Å². The zero-order valence-electron chi connectivity index (χ0n) is 15.5. The van der Waals surface area contributed by atoms with E-state index < -0.39 is 0 Å². The maximum atomic E-state index is 12.4. The minimum atomic E-state index is -0.138. The Morgan fingerprint density at radius 3 is 2.48 bits per heavy atom. The second-order valence-corrected chi connectivity index (χ2v) is 6.49. The highest BCUT2D eigenvalue weighted by atomic mass is 16.5. The van der Waals surface area contributed by atoms with Crippen LogP contribution in [0, 0.1) is 0 Å². The Hall–Kier alpha value is -3.29. The Balaban J connectivity index is 1.61. The van der Waals surface area contributed by atoms with E-state index in [0.717, 1.165) is 11.3 Å². The summed E-state index contributed by atoms with van der Waals surface area (Å²) in [5.74, 6) is 0.354. The first-order chi connectivity index (χ1) is 13.0. The smallest absolute Gasteiger partial charge is 0.251 e. The molecule has 0 fully saturated rings. The molecule has 27 heavy (non-hydrogen) atoms. The van der Waals surface area contributed by atoms with Gasteiger partial charge >= 0.3 is 0 Å². The SMILES string of the molecule is CC(Cn1cncn1)NC(=O)c1ccc(-c2ccc(OC(C)C)nn2)cc1. The maximum Gasteiger partial charge on any atom is 0.251 e. The summed E-state index contributed by atoms with van der Waals surface area (Å²) in [5, 5.41) is 15.2. The lowest BCUT2D eigenvalue weighted by atomic mass is 10.1. The van der Waals surface area contributed by atoms with Gasteiger partial charge in [-0.05, 0) is 39.0 Å². The number of nitrogens with one attached hydrogen (secondary N) is 1. The topological polar surface area (TPSA) is 94.8 Å². The fourth-order valence-electron chi connectivity index (χ4n) is 2.53. The van der Waals surface area contributed by atoms with E-state index in [1.54, 1.807) is 29.2 Å². The summed E-state index contributed by atoms with van der Waals surface area (Å²) in [7, 11) is 0. The van der Waals surface area contributed by atoms with Crippen molar-refractivity contribution in [3.63, 3.8) is 0 Å². The van der Waals surface area contributed by atoms with Crippen LogP contribution < -0.4 is 10.1 Å². The van der Waals surface area contributed by atoms with E-state index in [4.69, 9.17) is 4.74 Å². The van der Waals surface area contributed by atoms with Crippen molar-refractivity contribution in [2.75, 3.05) is 0 Å². The number of nitrogens with zero attached hydrogens (tertiary/aromatic N) is 5. The molecule has 0 aliphatic carbocycles. The van der Waals surface area contributed by atoms with Gasteiger partial charge in [-0.15, -0.1) is 10.2 Å². The van der Waals surface area contributed by atoms with Gasteiger partial charge < -0.3 is 10.1 Å². The van der Waals surface area contributed by atoms with Crippen LogP contribution >= 0.6 is 0 Å². The highest BCUT2D eigenvalue weighted by molar-refractivity contribution is 5.94. The number of hydrogen-bond acceptors (Lipinski definition) is 6. The maximum absolute atomic E-state index is 12.4. The molecule has 0 saturated heterocycles. The van der Waals surface area contributed by atoms with Crippen molar-refractivity contribution in [2.45, 2.75) is 39.5 Å². The monoisotopic (exact) mass is 366 g/mol. The first-order valence-corrected chi connectivity index (χ1v) is 8.75. The minimum Gasteiger partial charge on any atom is -0.474 e. The van der Waals surface area contributed by atoms with Gasteiger partial charge in [0.05, 0.1) is 18.3 Å². The van der Waals surface area contributed by atoms with Gasteiger partial charge in [-0.3, -0.25) is 9.48 Å². The molecule has 8 heteroatoms. The van der Waals surface area contributed by atoms with E-state index in [0.29, 0.717) is 18.0 Å². The molecule has 2 aromatic heterocycles. The Bertz CT molecular complexity index is 860. The Morgan fingerprint density at radius 1 is 1.11 bits per heavy atom. The molecule has 8 nitrogen and oxygen atoms in total. The molecule has 1 unspecified atom stereocenters. The van der Waals surface area contributed by atoms with Crippen LogP contribution in [0.4, 0.5) is 0 Å². The first kappa shape index (κ1) is 18.5. The lowest BCUT2D eigenvalue weighted by molar-refractivity contribution is 0.0936. The van der Waals surface area contributed by atoms with Crippen LogP contribution in [0.15, 0.2) is 49.1 Å². The van der Waals surface area contributed by atoms with Crippen molar-refractivity contribution in [2.24, 2.45) is 0 Å². The van der Waals surface area contributed by atoms with Crippen molar-refractivity contribution >= 4 is 5.91 Å². The van der Waals surface area contributed by atoms with Gasteiger partial charge in [0.1, 0.15) is 12.7 Å². The first-order valence-electron chi connectivity index (χ1n) is 8.75. The largest absolute Gasteiger partial charge is 0.474 e. The standard InChI is InChI=1S/C19H22N6O2/c1-13(2)27-18-9-8-17(23-24-18)15-4-6-16(7-5-15)19(26)22-14(3)10-25-12-20-11-21-25/h4-9,11-14H,10H2,1-3H3,(H,22,26). The molecule has 0 spiro atoms. The van der Waals surface area contributed by atoms with E-state index in [1.807, 2.05) is 39.0 Å². The van der Waals surface area contributed by atoms with E-state index >= 15 is 0 Å². The number of aromatic nitrogens is 5. The van der Waals surface area contributed by atoms with Crippen LogP contribution in [-0.4, -0.2) is 43.0 Å². The second-order valence-electron chi connectivity index (χ2n) is 6.49. The predicted octanol–water partition coefficient (Wildman–Crippen LogP) is 2.34. The minimum absolute atomic E-state index is 0.0508. The molecule has 1 N–H and O–H groups in total. The van der Waals surface area contributed by atoms with Crippen LogP contribution in [0.5, 0.6) is 5.88 Å². The number of benzene rings is 1. The third-order valence-corrected chi connectivity index (χ3v) is 3.74. The third kappa shape index (κ3) is 5.10. The summed E-state index contributed by atoms with van der Waals surface area (Å²) >= 11 is 0. The molecule has 0 saturated carbocycles. The van der Waals surface area contributed by atoms with Gasteiger partial charge in [0.25, 0.3) is 5.91 Å². The molecule has 0 radical (unpaired) electrons. The van der Waals surface area contributed by atoms with Gasteiger partial charge in [0.2, 0.25) is 5.88 Å². The highest BCUT2D eigenvalue weighted by Gasteiger charge is 2.11. The quantitative estimate of drug-likeness (QED) is 0.690. The van der Waals surface area contributed by atoms with Gasteiger partial charge in [-0.2, -0.15) is 5.10 Å². The van der Waals surface area contributed by atoms with Crippen LogP contribution in [0.25, 0.3) is 11.3 Å². The van der Waals surface area contributed by atoms with E-state index in [1.165, 1.54) is 6.33 Å². The molecule has 3 aromatic rings. The molecule has 2 heterocycles. The van der Waals surface area contributed by atoms with Gasteiger partial charge in [0.15, 0.2) is 0 Å². The molecule has 140 valence electrons. The third-order valence-electron chi connectivity index (χ3n) is 3.74. The van der Waals surface area contributed by atoms with Gasteiger partial charge in [-0.1, -0.05) is 12.1 Å². The number of hydrogen-bond donors (Lipinski definition) is 1. The lowest BCUT2D eigenvalue weighted by Gasteiger charge is -2.13. The Labute approximate surface area is 157 Å². The van der Waals surface area contributed by atoms with Crippen molar-refractivity contribution < 1.29 is 9.53 Å². The molecule has 1 atom stereocenters. The summed E-state index contributed by atoms with van der Waals surface area (Å²) in [4.78, 5) is 16.3. The molecule has 0 bridgehead atoms. The fourth-order valence-corrected chi connectivity index (χ4v) is 2.53. The van der Waals surface area contributed by atoms with E-state index in [-0.39, 0.29) is 18.1 Å². The van der Waals surface area contributed by atoms with E-state index in [9.17, 15) is 4.79 Å². The predicted molar refractivity (Wildman–Crippen MR) is 100 cm³/mol. The van der Waals surface area contributed by atoms with Crippen molar-refractivity contribution in [1.29, 1.82) is 0 Å². The summed E-state index contributed by atoms with van der Waals surface area (Å²) in [5.41, 5.74) is 2.18. The van der Waals surface area contributed by atoms with Gasteiger partial charge in [0, 0.05) is 23.2 Å². The molecule has 0 aliphatic rings. The molecule has 1 amide bonds. The number of carbonyl (C=O) groups is 1. The van der Waals surface area contributed by atoms with Crippen molar-refractivity contribution in [3.8, 4) is 17.1 Å². The van der Waals surface area contributed by atoms with Crippen LogP contribution in [0.3, 0.4) is 0 Å². The van der Waals surface area contributed by atoms with Crippen LogP contribution in [0.2, 0.25) is 0 Å². The molecule has 0 aliphatic heterocycles. The Morgan fingerprint density at radius 2 is 1.89 bits per heavy atom. The molecular formula is C19H22N6O2. The van der Waals surface area contributed by atoms with Crippen LogP contribution in [-0.2, 0) is 6.54 Å². The van der Waals surface area contributed by atoms with E-state index in [2.05, 4.69) is 25.6 Å². The summed E-state index contributed by atoms with van der Waals surface area (Å²) in [6, 6.07) is 10.8. The number of amides is 1. The van der Waals surface area contributed by atoms with Crippen molar-refractivity contribution in [3.05, 3.63) is 54.6 Å². The Kier molecular flexibility index (Phi) is 5.75. The summed E-state index contributed by atoms with van der Waals surface area (Å²) in [6.45, 7) is 6.35. The summed E-state index contributed by atoms with van der Waals surface area (Å²) < 4.78 is 7.17. The average molecular weight is 366 g/mol. The molecular weight excluding hydrogens is 344 g/mol. The molecule has 1 aromatic carbocycles. The normalized spacial score (nSPS) is 12.0. The number of rotatable bonds is 7. The number of carbonyl (C=O) groups excluding carboxylic acids is 1. The number of ether oxygens (including phenoxy) is 1. The zero-order chi connectivity index (χ0) is 19.2. The summed E-state index contributed by atoms with van der Waals surface area (Å²) in [6.07, 6.45) is 3.14. The average Bonchev–Trinajstić information content (AvgIpc) is 3.15. The van der Waals surface area contributed by atoms with Crippen molar-refractivity contribution in [1.82, 2.24) is 30.3 Å². The second kappa shape index (κ2) is 8.39. The fraction of sp³-hybridized carbons (Fsp3) is 0.316. The molecule has 3 rings (SSSR count).